The standard InChI is InChI=1S/C11H20N2O3/c1-3-8(9(14)15)13-10(16)12-7-11(2)5-4-6-11/h8H,3-7H2,1-2H3,(H,14,15)(H2,12,13,16). The minimum Gasteiger partial charge on any atom is -0.480 e. The van der Waals surface area contributed by atoms with Crippen molar-refractivity contribution < 1.29 is 14.7 Å². The fourth-order valence-electron chi connectivity index (χ4n) is 1.80. The largest absolute Gasteiger partial charge is 0.480 e. The van der Waals surface area contributed by atoms with Crippen LogP contribution in [0.25, 0.3) is 0 Å². The highest BCUT2D eigenvalue weighted by Crippen LogP contribution is 2.39. The molecule has 0 saturated heterocycles. The lowest BCUT2D eigenvalue weighted by Crippen LogP contribution is -2.49. The summed E-state index contributed by atoms with van der Waals surface area (Å²) in [6.45, 7) is 4.48. The van der Waals surface area contributed by atoms with Crippen LogP contribution in [0, 0.1) is 5.41 Å². The molecule has 1 fully saturated rings. The third-order valence-corrected chi connectivity index (χ3v) is 3.25. The monoisotopic (exact) mass is 228 g/mol. The molecule has 1 aliphatic carbocycles. The van der Waals surface area contributed by atoms with E-state index in [1.807, 2.05) is 0 Å². The van der Waals surface area contributed by atoms with E-state index in [1.54, 1.807) is 6.92 Å². The minimum atomic E-state index is -0.993. The van der Waals surface area contributed by atoms with Gasteiger partial charge in [-0.25, -0.2) is 9.59 Å². The molecule has 0 radical (unpaired) electrons. The van der Waals surface area contributed by atoms with Gasteiger partial charge in [0.05, 0.1) is 0 Å². The van der Waals surface area contributed by atoms with Crippen LogP contribution in [0.2, 0.25) is 0 Å². The Hall–Kier alpha value is -1.26. The molecule has 1 atom stereocenters. The molecule has 0 heterocycles. The van der Waals surface area contributed by atoms with E-state index >= 15 is 0 Å². The number of nitrogens with one attached hydrogen (secondary N) is 2. The zero-order valence-corrected chi connectivity index (χ0v) is 9.88. The highest BCUT2D eigenvalue weighted by Gasteiger charge is 2.32. The van der Waals surface area contributed by atoms with Crippen molar-refractivity contribution in [2.45, 2.75) is 45.6 Å². The Morgan fingerprint density at radius 1 is 1.44 bits per heavy atom. The second-order valence-electron chi connectivity index (χ2n) is 4.79. The highest BCUT2D eigenvalue weighted by atomic mass is 16.4. The van der Waals surface area contributed by atoms with Gasteiger partial charge in [-0.15, -0.1) is 0 Å². The average molecular weight is 228 g/mol. The number of hydrogen-bond donors (Lipinski definition) is 3. The van der Waals surface area contributed by atoms with E-state index in [1.165, 1.54) is 6.42 Å². The number of carbonyl (C=O) groups is 2. The van der Waals surface area contributed by atoms with Gasteiger partial charge in [0.1, 0.15) is 6.04 Å². The van der Waals surface area contributed by atoms with Crippen LogP contribution >= 0.6 is 0 Å². The maximum Gasteiger partial charge on any atom is 0.326 e. The van der Waals surface area contributed by atoms with Gasteiger partial charge >= 0.3 is 12.0 Å². The van der Waals surface area contributed by atoms with Crippen molar-refractivity contribution in [2.24, 2.45) is 5.41 Å². The Kier molecular flexibility index (Phi) is 4.15. The van der Waals surface area contributed by atoms with Crippen LogP contribution in [0.5, 0.6) is 0 Å². The molecule has 92 valence electrons. The molecule has 5 nitrogen and oxygen atoms in total. The molecule has 0 aliphatic heterocycles. The fraction of sp³-hybridized carbons (Fsp3) is 0.818. The van der Waals surface area contributed by atoms with Crippen molar-refractivity contribution in [1.29, 1.82) is 0 Å². The number of urea groups is 1. The topological polar surface area (TPSA) is 78.4 Å². The molecule has 1 unspecified atom stereocenters. The fourth-order valence-corrected chi connectivity index (χ4v) is 1.80. The van der Waals surface area contributed by atoms with Gasteiger partial charge in [0.15, 0.2) is 0 Å². The van der Waals surface area contributed by atoms with Crippen LogP contribution in [0.15, 0.2) is 0 Å². The van der Waals surface area contributed by atoms with Crippen molar-refractivity contribution in [3.05, 3.63) is 0 Å². The number of carboxylic acid groups (broad SMARTS) is 1. The summed E-state index contributed by atoms with van der Waals surface area (Å²) in [6.07, 6.45) is 3.86. The van der Waals surface area contributed by atoms with Crippen LogP contribution in [0.4, 0.5) is 4.79 Å². The van der Waals surface area contributed by atoms with E-state index in [-0.39, 0.29) is 11.4 Å². The van der Waals surface area contributed by atoms with Crippen molar-refractivity contribution in [1.82, 2.24) is 10.6 Å². The van der Waals surface area contributed by atoms with Crippen molar-refractivity contribution >= 4 is 12.0 Å². The summed E-state index contributed by atoms with van der Waals surface area (Å²) in [7, 11) is 0. The average Bonchev–Trinajstić information content (AvgIpc) is 2.19. The second-order valence-corrected chi connectivity index (χ2v) is 4.79. The lowest BCUT2D eigenvalue weighted by Gasteiger charge is -2.38. The van der Waals surface area contributed by atoms with Gasteiger partial charge in [0.25, 0.3) is 0 Å². The zero-order valence-electron chi connectivity index (χ0n) is 9.88. The number of carbonyl (C=O) groups excluding carboxylic acids is 1. The van der Waals surface area contributed by atoms with Crippen LogP contribution in [0.1, 0.15) is 39.5 Å². The summed E-state index contributed by atoms with van der Waals surface area (Å²) >= 11 is 0. The molecule has 16 heavy (non-hydrogen) atoms. The molecule has 0 bridgehead atoms. The van der Waals surface area contributed by atoms with E-state index in [4.69, 9.17) is 5.11 Å². The van der Waals surface area contributed by atoms with E-state index < -0.39 is 12.0 Å². The number of rotatable bonds is 5. The van der Waals surface area contributed by atoms with Gasteiger partial charge in [0.2, 0.25) is 0 Å². The Balaban J connectivity index is 2.27. The van der Waals surface area contributed by atoms with Crippen LogP contribution in [-0.4, -0.2) is 29.7 Å². The maximum atomic E-state index is 11.4. The molecule has 2 amide bonds. The lowest BCUT2D eigenvalue weighted by atomic mass is 9.70. The predicted octanol–water partition coefficient (Wildman–Crippen LogP) is 1.34. The van der Waals surface area contributed by atoms with Crippen molar-refractivity contribution in [3.63, 3.8) is 0 Å². The molecular formula is C11H20N2O3. The first kappa shape index (κ1) is 12.8. The van der Waals surface area contributed by atoms with Gasteiger partial charge in [-0.05, 0) is 24.7 Å². The summed E-state index contributed by atoms with van der Waals surface area (Å²) in [5, 5.41) is 13.9. The predicted molar refractivity (Wildman–Crippen MR) is 60.2 cm³/mol. The second kappa shape index (κ2) is 5.18. The molecular weight excluding hydrogens is 208 g/mol. The van der Waals surface area contributed by atoms with E-state index in [9.17, 15) is 9.59 Å². The first-order chi connectivity index (χ1) is 7.47. The lowest BCUT2D eigenvalue weighted by molar-refractivity contribution is -0.139. The summed E-state index contributed by atoms with van der Waals surface area (Å²) in [5.74, 6) is -0.993. The molecule has 0 aromatic rings. The Morgan fingerprint density at radius 2 is 2.06 bits per heavy atom. The molecule has 1 rings (SSSR count). The summed E-state index contributed by atoms with van der Waals surface area (Å²) in [4.78, 5) is 22.1. The van der Waals surface area contributed by atoms with Crippen LogP contribution in [-0.2, 0) is 4.79 Å². The van der Waals surface area contributed by atoms with E-state index in [0.717, 1.165) is 12.8 Å². The molecule has 0 spiro atoms. The van der Waals surface area contributed by atoms with Gasteiger partial charge in [-0.2, -0.15) is 0 Å². The number of carboxylic acids is 1. The summed E-state index contributed by atoms with van der Waals surface area (Å²) < 4.78 is 0. The third-order valence-electron chi connectivity index (χ3n) is 3.25. The van der Waals surface area contributed by atoms with Gasteiger partial charge in [-0.1, -0.05) is 20.3 Å². The number of hydrogen-bond acceptors (Lipinski definition) is 2. The van der Waals surface area contributed by atoms with Crippen LogP contribution < -0.4 is 10.6 Å². The van der Waals surface area contributed by atoms with Crippen molar-refractivity contribution in [2.75, 3.05) is 6.54 Å². The number of aliphatic carboxylic acids is 1. The first-order valence-electron chi connectivity index (χ1n) is 5.74. The van der Waals surface area contributed by atoms with Crippen molar-refractivity contribution in [3.8, 4) is 0 Å². The maximum absolute atomic E-state index is 11.4. The molecule has 1 saturated carbocycles. The van der Waals surface area contributed by atoms with Gasteiger partial charge < -0.3 is 15.7 Å². The zero-order chi connectivity index (χ0) is 12.2. The third kappa shape index (κ3) is 3.40. The molecule has 0 aromatic carbocycles. The molecule has 1 aliphatic rings. The Morgan fingerprint density at radius 3 is 2.44 bits per heavy atom. The smallest absolute Gasteiger partial charge is 0.326 e. The number of amides is 2. The van der Waals surface area contributed by atoms with Gasteiger partial charge in [-0.3, -0.25) is 0 Å². The Bertz CT molecular complexity index is 274. The van der Waals surface area contributed by atoms with Crippen LogP contribution in [0.3, 0.4) is 0 Å². The highest BCUT2D eigenvalue weighted by molar-refractivity contribution is 5.82. The Labute approximate surface area is 95.6 Å². The molecule has 3 N–H and O–H groups in total. The summed E-state index contributed by atoms with van der Waals surface area (Å²) in [6, 6.07) is -1.18. The first-order valence-corrected chi connectivity index (χ1v) is 5.74. The van der Waals surface area contributed by atoms with E-state index in [0.29, 0.717) is 13.0 Å². The molecule has 0 aromatic heterocycles. The molecule has 5 heteroatoms. The van der Waals surface area contributed by atoms with Gasteiger partial charge in [0, 0.05) is 6.54 Å². The van der Waals surface area contributed by atoms with E-state index in [2.05, 4.69) is 17.6 Å². The summed E-state index contributed by atoms with van der Waals surface area (Å²) in [5.41, 5.74) is 0.211. The minimum absolute atomic E-state index is 0.211. The quantitative estimate of drug-likeness (QED) is 0.664. The SMILES string of the molecule is CCC(NC(=O)NCC1(C)CCC1)C(=O)O. The normalized spacial score (nSPS) is 19.4.